The monoisotopic (exact) mass is 475 g/mol. The molecule has 2 aliphatic heterocycles. The highest BCUT2D eigenvalue weighted by Crippen LogP contribution is 2.40. The Labute approximate surface area is 202 Å². The smallest absolute Gasteiger partial charge is 0.381 e. The number of piperidine rings is 1. The summed E-state index contributed by atoms with van der Waals surface area (Å²) in [6.45, 7) is 13.3. The van der Waals surface area contributed by atoms with E-state index in [0.29, 0.717) is 48.9 Å². The van der Waals surface area contributed by atoms with Crippen LogP contribution in [0.2, 0.25) is 0 Å². The van der Waals surface area contributed by atoms with E-state index in [1.165, 1.54) is 0 Å². The van der Waals surface area contributed by atoms with Gasteiger partial charge in [-0.05, 0) is 63.8 Å². The molecule has 1 aromatic rings. The summed E-state index contributed by atoms with van der Waals surface area (Å²) >= 11 is 0. The van der Waals surface area contributed by atoms with Crippen LogP contribution >= 0.6 is 0 Å². The highest BCUT2D eigenvalue weighted by molar-refractivity contribution is 6.18. The Bertz CT molecular complexity index is 970. The van der Waals surface area contributed by atoms with Gasteiger partial charge in [0.05, 0.1) is 19.1 Å². The Hall–Kier alpha value is -2.10. The minimum absolute atomic E-state index is 0.218. The van der Waals surface area contributed by atoms with Gasteiger partial charge in [0, 0.05) is 33.0 Å². The Balaban J connectivity index is 2.21. The van der Waals surface area contributed by atoms with Gasteiger partial charge in [-0.15, -0.1) is 5.06 Å². The van der Waals surface area contributed by atoms with Crippen molar-refractivity contribution in [2.45, 2.75) is 59.9 Å². The van der Waals surface area contributed by atoms with Crippen molar-refractivity contribution in [1.82, 2.24) is 5.06 Å². The number of esters is 1. The molecule has 1 unspecified atom stereocenters. The second-order valence-electron chi connectivity index (χ2n) is 10.2. The van der Waals surface area contributed by atoms with Crippen LogP contribution in [0.3, 0.4) is 0 Å². The molecule has 0 saturated carbocycles. The molecule has 0 radical (unpaired) electrons. The first-order valence-electron chi connectivity index (χ1n) is 11.8. The van der Waals surface area contributed by atoms with Gasteiger partial charge in [-0.2, -0.15) is 9.90 Å². The second kappa shape index (κ2) is 10.3. The van der Waals surface area contributed by atoms with Crippen molar-refractivity contribution in [3.8, 4) is 0 Å². The van der Waals surface area contributed by atoms with Crippen LogP contribution in [0.15, 0.2) is 17.9 Å². The van der Waals surface area contributed by atoms with Gasteiger partial charge in [0.25, 0.3) is 0 Å². The van der Waals surface area contributed by atoms with Gasteiger partial charge in [-0.1, -0.05) is 12.1 Å². The third kappa shape index (κ3) is 4.83. The van der Waals surface area contributed by atoms with E-state index in [1.807, 2.05) is 58.7 Å². The van der Waals surface area contributed by atoms with Crippen LogP contribution in [-0.4, -0.2) is 63.0 Å². The number of quaternary nitrogens is 1. The van der Waals surface area contributed by atoms with Crippen molar-refractivity contribution in [2.24, 2.45) is 5.41 Å². The van der Waals surface area contributed by atoms with Crippen LogP contribution in [0.4, 0.5) is 0 Å². The third-order valence-corrected chi connectivity index (χ3v) is 7.03. The van der Waals surface area contributed by atoms with E-state index < -0.39 is 11.0 Å². The zero-order chi connectivity index (χ0) is 25.3. The van der Waals surface area contributed by atoms with E-state index in [2.05, 4.69) is 0 Å². The lowest BCUT2D eigenvalue weighted by Gasteiger charge is -2.39. The number of benzene rings is 1. The fraction of sp³-hybridized carbons (Fsp3) is 0.615. The Morgan fingerprint density at radius 2 is 1.71 bits per heavy atom. The summed E-state index contributed by atoms with van der Waals surface area (Å²) in [7, 11) is 3.23. The largest absolute Gasteiger partial charge is 0.423 e. The standard InChI is InChI=1S/C26H38N2O6/c1-17-9-10-20(19(3)18(17)2)21-22(34-24(30)25(4,5)6)26(11-13-27(32-8)14-12-26)28(23(21)29)33-16-15-31-7/h9-10H,11-16H2,1-8H3/p+1. The van der Waals surface area contributed by atoms with Gasteiger partial charge < -0.3 is 14.3 Å². The van der Waals surface area contributed by atoms with E-state index >= 15 is 0 Å². The third-order valence-electron chi connectivity index (χ3n) is 7.03. The highest BCUT2D eigenvalue weighted by Gasteiger charge is 2.62. The summed E-state index contributed by atoms with van der Waals surface area (Å²) in [6, 6.07) is 3.96. The minimum Gasteiger partial charge on any atom is -0.423 e. The van der Waals surface area contributed by atoms with Gasteiger partial charge in [-0.3, -0.25) is 4.79 Å². The molecule has 1 amide bonds. The van der Waals surface area contributed by atoms with Crippen molar-refractivity contribution >= 4 is 17.4 Å². The molecule has 1 fully saturated rings. The van der Waals surface area contributed by atoms with Crippen LogP contribution in [0.25, 0.3) is 5.57 Å². The number of hydroxylamine groups is 4. The number of carbonyl (C=O) groups excluding carboxylic acids is 2. The van der Waals surface area contributed by atoms with E-state index in [-0.39, 0.29) is 18.5 Å². The number of aryl methyl sites for hydroxylation is 1. The molecule has 8 nitrogen and oxygen atoms in total. The summed E-state index contributed by atoms with van der Waals surface area (Å²) in [6.07, 6.45) is 1.07. The topological polar surface area (TPSA) is 78.7 Å². The maximum Gasteiger partial charge on any atom is 0.381 e. The van der Waals surface area contributed by atoms with Crippen molar-refractivity contribution < 1.29 is 33.8 Å². The summed E-state index contributed by atoms with van der Waals surface area (Å²) in [4.78, 5) is 38.7. The number of ether oxygens (including phenoxy) is 2. The number of amides is 1. The van der Waals surface area contributed by atoms with Crippen LogP contribution in [0.5, 0.6) is 0 Å². The Morgan fingerprint density at radius 1 is 1.06 bits per heavy atom. The van der Waals surface area contributed by atoms with E-state index in [1.54, 1.807) is 14.2 Å². The molecule has 0 bridgehead atoms. The lowest BCUT2D eigenvalue weighted by molar-refractivity contribution is -1.06. The summed E-state index contributed by atoms with van der Waals surface area (Å²) in [5.74, 6) is -0.182. The summed E-state index contributed by atoms with van der Waals surface area (Å²) in [5, 5.41) is 2.19. The molecule has 2 aliphatic rings. The first kappa shape index (κ1) is 26.5. The van der Waals surface area contributed by atoms with Crippen molar-refractivity contribution in [1.29, 1.82) is 0 Å². The average Bonchev–Trinajstić information content (AvgIpc) is 3.00. The summed E-state index contributed by atoms with van der Waals surface area (Å²) in [5.41, 5.74) is 2.89. The van der Waals surface area contributed by atoms with Gasteiger partial charge in [0.15, 0.2) is 11.3 Å². The number of hydrogen-bond acceptors (Lipinski definition) is 7. The molecule has 34 heavy (non-hydrogen) atoms. The van der Waals surface area contributed by atoms with Crippen LogP contribution in [0.1, 0.15) is 55.9 Å². The highest BCUT2D eigenvalue weighted by atomic mass is 16.7. The molecule has 188 valence electrons. The Morgan fingerprint density at radius 3 is 2.26 bits per heavy atom. The number of rotatable bonds is 7. The zero-order valence-corrected chi connectivity index (χ0v) is 21.8. The molecule has 1 aromatic carbocycles. The average molecular weight is 476 g/mol. The maximum atomic E-state index is 14.0. The molecular weight excluding hydrogens is 436 g/mol. The van der Waals surface area contributed by atoms with E-state index in [4.69, 9.17) is 19.1 Å². The maximum absolute atomic E-state index is 14.0. The van der Waals surface area contributed by atoms with Gasteiger partial charge in [0.1, 0.15) is 12.2 Å². The number of nitrogens with zero attached hydrogens (tertiary/aromatic N) is 1. The van der Waals surface area contributed by atoms with Crippen LogP contribution < -0.4 is 5.06 Å². The first-order valence-corrected chi connectivity index (χ1v) is 11.8. The fourth-order valence-corrected chi connectivity index (χ4v) is 4.58. The van der Waals surface area contributed by atoms with Crippen LogP contribution in [-0.2, 0) is 28.7 Å². The number of carbonyl (C=O) groups is 2. The number of hydrogen-bond donors (Lipinski definition) is 1. The van der Waals surface area contributed by atoms with E-state index in [9.17, 15) is 9.59 Å². The minimum atomic E-state index is -0.832. The first-order chi connectivity index (χ1) is 16.0. The molecule has 1 atom stereocenters. The lowest BCUT2D eigenvalue weighted by atomic mass is 9.84. The normalized spacial score (nSPS) is 20.9. The van der Waals surface area contributed by atoms with Crippen molar-refractivity contribution in [3.05, 3.63) is 40.1 Å². The fourth-order valence-electron chi connectivity index (χ4n) is 4.58. The van der Waals surface area contributed by atoms with Crippen molar-refractivity contribution in [3.63, 3.8) is 0 Å². The summed E-state index contributed by atoms with van der Waals surface area (Å²) < 4.78 is 11.3. The van der Waals surface area contributed by atoms with Gasteiger partial charge in [-0.25, -0.2) is 4.79 Å². The van der Waals surface area contributed by atoms with Crippen molar-refractivity contribution in [2.75, 3.05) is 40.5 Å². The second-order valence-corrected chi connectivity index (χ2v) is 10.2. The molecule has 8 heteroatoms. The molecule has 1 saturated heterocycles. The quantitative estimate of drug-likeness (QED) is 0.479. The SMILES string of the molecule is COCCO[NH+]1C(=O)C(c2ccc(C)c(C)c2C)=C(OC(=O)C(C)(C)C)C12CCN(OC)CC2. The molecule has 1 spiro atoms. The molecule has 2 heterocycles. The Kier molecular flexibility index (Phi) is 7.99. The zero-order valence-electron chi connectivity index (χ0n) is 21.8. The molecular formula is C26H39N2O6+. The van der Waals surface area contributed by atoms with Gasteiger partial charge >= 0.3 is 11.9 Å². The molecule has 0 aromatic heterocycles. The van der Waals surface area contributed by atoms with Gasteiger partial charge in [0.2, 0.25) is 0 Å². The predicted molar refractivity (Wildman–Crippen MR) is 127 cm³/mol. The number of methoxy groups -OCH3 is 1. The van der Waals surface area contributed by atoms with Crippen LogP contribution in [0, 0.1) is 26.2 Å². The molecule has 0 aliphatic carbocycles. The lowest BCUT2D eigenvalue weighted by Crippen LogP contribution is -3.20. The number of nitrogens with one attached hydrogen (secondary N) is 1. The molecule has 3 rings (SSSR count). The van der Waals surface area contributed by atoms with E-state index in [0.717, 1.165) is 22.3 Å². The molecule has 1 N–H and O–H groups in total. The predicted octanol–water partition coefficient (Wildman–Crippen LogP) is 2.31.